The minimum Gasteiger partial charge on any atom is -0.320 e. The summed E-state index contributed by atoms with van der Waals surface area (Å²) in [6.07, 6.45) is 3.13. The highest BCUT2D eigenvalue weighted by atomic mass is 32.2. The summed E-state index contributed by atoms with van der Waals surface area (Å²) in [5.74, 6) is 6.11. The first-order chi connectivity index (χ1) is 9.56. The van der Waals surface area contributed by atoms with E-state index in [0.29, 0.717) is 12.5 Å². The molecular weight excluding hydrogens is 272 g/mol. The van der Waals surface area contributed by atoms with Gasteiger partial charge in [0.25, 0.3) is 0 Å². The van der Waals surface area contributed by atoms with Gasteiger partial charge in [-0.3, -0.25) is 0 Å². The quantitative estimate of drug-likeness (QED) is 0.807. The lowest BCUT2D eigenvalue weighted by Crippen LogP contribution is -2.27. The van der Waals surface area contributed by atoms with Crippen LogP contribution in [0.3, 0.4) is 0 Å². The molecule has 2 unspecified atom stereocenters. The van der Waals surface area contributed by atoms with Crippen LogP contribution in [0.1, 0.15) is 31.7 Å². The summed E-state index contributed by atoms with van der Waals surface area (Å²) in [5, 5.41) is 0. The van der Waals surface area contributed by atoms with Crippen molar-refractivity contribution in [3.8, 4) is 11.8 Å². The van der Waals surface area contributed by atoms with E-state index in [2.05, 4.69) is 23.5 Å². The van der Waals surface area contributed by atoms with Crippen molar-refractivity contribution < 1.29 is 8.42 Å². The summed E-state index contributed by atoms with van der Waals surface area (Å²) in [6.45, 7) is 2.41. The first-order valence-corrected chi connectivity index (χ1v) is 8.36. The van der Waals surface area contributed by atoms with Crippen molar-refractivity contribution >= 4 is 10.0 Å². The summed E-state index contributed by atoms with van der Waals surface area (Å²) >= 11 is 0. The van der Waals surface area contributed by atoms with Gasteiger partial charge in [0, 0.05) is 11.6 Å². The summed E-state index contributed by atoms with van der Waals surface area (Å²) in [6, 6.07) is 6.68. The van der Waals surface area contributed by atoms with Gasteiger partial charge in [0.2, 0.25) is 10.0 Å². The Morgan fingerprint density at radius 1 is 1.35 bits per heavy atom. The molecule has 4 nitrogen and oxygen atoms in total. The Morgan fingerprint density at radius 3 is 2.65 bits per heavy atom. The molecule has 1 saturated carbocycles. The molecule has 3 N–H and O–H groups in total. The third-order valence-corrected chi connectivity index (χ3v) is 4.89. The van der Waals surface area contributed by atoms with E-state index in [9.17, 15) is 8.42 Å². The van der Waals surface area contributed by atoms with Gasteiger partial charge in [-0.1, -0.05) is 25.2 Å². The molecule has 5 heteroatoms. The smallest absolute Gasteiger partial charge is 0.240 e. The molecule has 0 amide bonds. The van der Waals surface area contributed by atoms with E-state index in [0.717, 1.165) is 24.8 Å². The second kappa shape index (κ2) is 6.40. The van der Waals surface area contributed by atoms with Crippen LogP contribution in [-0.2, 0) is 10.0 Å². The highest BCUT2D eigenvalue weighted by Crippen LogP contribution is 2.35. The van der Waals surface area contributed by atoms with Crippen molar-refractivity contribution in [3.05, 3.63) is 29.8 Å². The normalized spacial score (nSPS) is 21.1. The van der Waals surface area contributed by atoms with Crippen molar-refractivity contribution in [2.24, 2.45) is 11.7 Å². The van der Waals surface area contributed by atoms with E-state index in [-0.39, 0.29) is 10.9 Å². The van der Waals surface area contributed by atoms with Crippen LogP contribution in [0.5, 0.6) is 0 Å². The first-order valence-electron chi connectivity index (χ1n) is 6.88. The largest absolute Gasteiger partial charge is 0.320 e. The summed E-state index contributed by atoms with van der Waals surface area (Å²) in [4.78, 5) is 0.290. The van der Waals surface area contributed by atoms with Gasteiger partial charge < -0.3 is 5.73 Å². The summed E-state index contributed by atoms with van der Waals surface area (Å²) < 4.78 is 27.1. The fraction of sp³-hybridized carbons (Fsp3) is 0.467. The highest BCUT2D eigenvalue weighted by Gasteiger charge is 2.39. The average molecular weight is 292 g/mol. The molecule has 0 bridgehead atoms. The molecule has 1 aromatic carbocycles. The number of sulfonamides is 1. The van der Waals surface area contributed by atoms with Gasteiger partial charge >= 0.3 is 0 Å². The number of hydrogen-bond donors (Lipinski definition) is 2. The van der Waals surface area contributed by atoms with E-state index in [1.54, 1.807) is 24.3 Å². The lowest BCUT2D eigenvalue weighted by molar-refractivity contribution is 0.573. The fourth-order valence-corrected chi connectivity index (χ4v) is 3.54. The zero-order valence-corrected chi connectivity index (χ0v) is 12.4. The molecule has 0 aromatic heterocycles. The Labute approximate surface area is 120 Å². The van der Waals surface area contributed by atoms with Gasteiger partial charge in [0.1, 0.15) is 0 Å². The topological polar surface area (TPSA) is 72.2 Å². The SMILES string of the molecule is CCCC1CC1NS(=O)(=O)c1ccc(C#CCN)cc1. The standard InChI is InChI=1S/C15H20N2O2S/c1-2-4-13-11-15(13)17-20(18,19)14-8-6-12(7-9-14)5-3-10-16/h6-9,13,15,17H,2,4,10-11,16H2,1H3. The van der Waals surface area contributed by atoms with Crippen LogP contribution in [0.2, 0.25) is 0 Å². The third kappa shape index (κ3) is 3.83. The second-order valence-corrected chi connectivity index (χ2v) is 6.76. The Morgan fingerprint density at radius 2 is 2.05 bits per heavy atom. The van der Waals surface area contributed by atoms with E-state index in [1.165, 1.54) is 0 Å². The molecule has 1 aromatic rings. The van der Waals surface area contributed by atoms with Gasteiger partial charge in [-0.2, -0.15) is 0 Å². The minimum atomic E-state index is -3.41. The molecule has 0 saturated heterocycles. The van der Waals surface area contributed by atoms with E-state index in [1.807, 2.05) is 0 Å². The highest BCUT2D eigenvalue weighted by molar-refractivity contribution is 7.89. The van der Waals surface area contributed by atoms with Gasteiger partial charge in [-0.15, -0.1) is 0 Å². The molecule has 0 heterocycles. The Hall–Kier alpha value is -1.35. The molecule has 20 heavy (non-hydrogen) atoms. The van der Waals surface area contributed by atoms with Crippen LogP contribution >= 0.6 is 0 Å². The van der Waals surface area contributed by atoms with Crippen molar-refractivity contribution in [2.45, 2.75) is 37.1 Å². The number of benzene rings is 1. The Balaban J connectivity index is 2.03. The molecule has 0 aliphatic heterocycles. The van der Waals surface area contributed by atoms with Crippen molar-refractivity contribution in [1.29, 1.82) is 0 Å². The summed E-state index contributed by atoms with van der Waals surface area (Å²) in [5.41, 5.74) is 6.06. The van der Waals surface area contributed by atoms with Gasteiger partial charge in [0.15, 0.2) is 0 Å². The minimum absolute atomic E-state index is 0.108. The number of rotatable bonds is 5. The van der Waals surface area contributed by atoms with Crippen molar-refractivity contribution in [2.75, 3.05) is 6.54 Å². The molecule has 108 valence electrons. The Bertz CT molecular complexity index is 612. The van der Waals surface area contributed by atoms with Gasteiger partial charge in [-0.25, -0.2) is 13.1 Å². The second-order valence-electron chi connectivity index (χ2n) is 5.04. The van der Waals surface area contributed by atoms with E-state index < -0.39 is 10.0 Å². The molecular formula is C15H20N2O2S. The molecule has 1 aliphatic rings. The molecule has 2 rings (SSSR count). The molecule has 1 fully saturated rings. The van der Waals surface area contributed by atoms with E-state index >= 15 is 0 Å². The summed E-state index contributed by atoms with van der Waals surface area (Å²) in [7, 11) is -3.41. The zero-order valence-electron chi connectivity index (χ0n) is 11.6. The Kier molecular flexibility index (Phi) is 4.81. The van der Waals surface area contributed by atoms with Crippen LogP contribution in [0, 0.1) is 17.8 Å². The van der Waals surface area contributed by atoms with Crippen LogP contribution in [-0.4, -0.2) is 21.0 Å². The molecule has 0 radical (unpaired) electrons. The monoisotopic (exact) mass is 292 g/mol. The third-order valence-electron chi connectivity index (χ3n) is 3.39. The lowest BCUT2D eigenvalue weighted by Gasteiger charge is -2.06. The first kappa shape index (κ1) is 15.0. The maximum atomic E-state index is 12.2. The van der Waals surface area contributed by atoms with Crippen molar-refractivity contribution in [1.82, 2.24) is 4.72 Å². The predicted molar refractivity (Wildman–Crippen MR) is 79.5 cm³/mol. The average Bonchev–Trinajstić information content (AvgIpc) is 3.14. The van der Waals surface area contributed by atoms with Crippen LogP contribution in [0.25, 0.3) is 0 Å². The van der Waals surface area contributed by atoms with Crippen LogP contribution in [0.15, 0.2) is 29.2 Å². The predicted octanol–water partition coefficient (Wildman–Crippen LogP) is 1.46. The van der Waals surface area contributed by atoms with Crippen LogP contribution < -0.4 is 10.5 Å². The molecule has 2 atom stereocenters. The maximum absolute atomic E-state index is 12.2. The number of nitrogens with two attached hydrogens (primary N) is 1. The maximum Gasteiger partial charge on any atom is 0.240 e. The van der Waals surface area contributed by atoms with Gasteiger partial charge in [0.05, 0.1) is 11.4 Å². The zero-order chi connectivity index (χ0) is 14.6. The van der Waals surface area contributed by atoms with Crippen LogP contribution in [0.4, 0.5) is 0 Å². The fourth-order valence-electron chi connectivity index (χ4n) is 2.22. The van der Waals surface area contributed by atoms with E-state index in [4.69, 9.17) is 5.73 Å². The van der Waals surface area contributed by atoms with Gasteiger partial charge in [-0.05, 0) is 43.0 Å². The molecule has 0 spiro atoms. The number of hydrogen-bond acceptors (Lipinski definition) is 3. The lowest BCUT2D eigenvalue weighted by atomic mass is 10.2. The number of nitrogens with one attached hydrogen (secondary N) is 1. The van der Waals surface area contributed by atoms with Crippen molar-refractivity contribution in [3.63, 3.8) is 0 Å². The molecule has 1 aliphatic carbocycles.